The number of rotatable bonds is 4. The summed E-state index contributed by atoms with van der Waals surface area (Å²) in [4.78, 5) is 24.8. The minimum absolute atomic E-state index is 0.205. The van der Waals surface area contributed by atoms with Crippen LogP contribution < -0.4 is 0 Å². The van der Waals surface area contributed by atoms with Crippen LogP contribution in [-0.2, 0) is 14.1 Å². The lowest BCUT2D eigenvalue weighted by molar-refractivity contribution is 0.0820. The van der Waals surface area contributed by atoms with Gasteiger partial charge in [-0.15, -0.1) is 0 Å². The summed E-state index contributed by atoms with van der Waals surface area (Å²) in [5.41, 5.74) is 2.51. The lowest BCUT2D eigenvalue weighted by Gasteiger charge is -2.09. The number of aromatic nitrogens is 4. The Morgan fingerprint density at radius 2 is 1.30 bits per heavy atom. The molecule has 0 N–H and O–H groups in total. The fourth-order valence-corrected chi connectivity index (χ4v) is 2.07. The first-order chi connectivity index (χ1) is 9.34. The van der Waals surface area contributed by atoms with Crippen LogP contribution in [0.5, 0.6) is 0 Å². The molecule has 0 bridgehead atoms. The molecule has 0 aromatic carbocycles. The van der Waals surface area contributed by atoms with Gasteiger partial charge in [0.1, 0.15) is 0 Å². The number of carbonyl (C=O) groups excluding carboxylic acids is 2. The Bertz CT molecular complexity index is 623. The molecule has 0 aliphatic carbocycles. The molecule has 0 unspecified atom stereocenters. The quantitative estimate of drug-likeness (QED) is 0.625. The van der Waals surface area contributed by atoms with Gasteiger partial charge in [0.25, 0.3) is 0 Å². The molecule has 2 rings (SSSR count). The van der Waals surface area contributed by atoms with Crippen molar-refractivity contribution in [1.82, 2.24) is 19.6 Å². The smallest absolute Gasteiger partial charge is 0.176 e. The van der Waals surface area contributed by atoms with Crippen LogP contribution >= 0.6 is 0 Å². The van der Waals surface area contributed by atoms with Gasteiger partial charge in [0.15, 0.2) is 11.6 Å². The number of nitrogens with zero attached hydrogens (tertiary/aromatic N) is 4. The molecule has 6 nitrogen and oxygen atoms in total. The Hall–Kier alpha value is -2.24. The summed E-state index contributed by atoms with van der Waals surface area (Å²) in [7, 11) is 3.54. The summed E-state index contributed by atoms with van der Waals surface area (Å²) < 4.78 is 3.25. The average molecular weight is 274 g/mol. The third-order valence-corrected chi connectivity index (χ3v) is 3.79. The highest BCUT2D eigenvalue weighted by atomic mass is 16.2. The van der Waals surface area contributed by atoms with E-state index in [4.69, 9.17) is 0 Å². The molecule has 0 atom stereocenters. The first-order valence-electron chi connectivity index (χ1n) is 6.40. The number of aryl methyl sites for hydroxylation is 2. The second-order valence-corrected chi connectivity index (χ2v) is 4.98. The zero-order valence-corrected chi connectivity index (χ0v) is 12.3. The van der Waals surface area contributed by atoms with Gasteiger partial charge in [0, 0.05) is 25.5 Å². The van der Waals surface area contributed by atoms with Crippen molar-refractivity contribution in [2.24, 2.45) is 20.0 Å². The van der Waals surface area contributed by atoms with Crippen molar-refractivity contribution in [3.63, 3.8) is 0 Å². The monoisotopic (exact) mass is 274 g/mol. The van der Waals surface area contributed by atoms with E-state index in [2.05, 4.69) is 10.2 Å². The van der Waals surface area contributed by atoms with Gasteiger partial charge in [-0.3, -0.25) is 19.0 Å². The van der Waals surface area contributed by atoms with Gasteiger partial charge in [-0.05, 0) is 20.8 Å². The summed E-state index contributed by atoms with van der Waals surface area (Å²) in [6, 6.07) is 0. The predicted molar refractivity (Wildman–Crippen MR) is 73.7 cm³/mol. The Balaban J connectivity index is 2.29. The first kappa shape index (κ1) is 14.2. The highest BCUT2D eigenvalue weighted by molar-refractivity contribution is 6.16. The van der Waals surface area contributed by atoms with Crippen molar-refractivity contribution in [2.75, 3.05) is 0 Å². The van der Waals surface area contributed by atoms with E-state index < -0.39 is 5.92 Å². The maximum Gasteiger partial charge on any atom is 0.176 e. The van der Waals surface area contributed by atoms with Gasteiger partial charge >= 0.3 is 0 Å². The molecule has 106 valence electrons. The van der Waals surface area contributed by atoms with Crippen LogP contribution in [0.4, 0.5) is 0 Å². The Morgan fingerprint density at radius 3 is 1.55 bits per heavy atom. The number of carbonyl (C=O) groups is 2. The van der Waals surface area contributed by atoms with Crippen molar-refractivity contribution in [1.29, 1.82) is 0 Å². The number of hydrogen-bond donors (Lipinski definition) is 0. The maximum atomic E-state index is 12.4. The fraction of sp³-hybridized carbons (Fsp3) is 0.429. The minimum Gasteiger partial charge on any atom is -0.293 e. The van der Waals surface area contributed by atoms with E-state index in [1.165, 1.54) is 12.4 Å². The normalized spacial score (nSPS) is 11.1. The van der Waals surface area contributed by atoms with Crippen LogP contribution in [0.25, 0.3) is 0 Å². The summed E-state index contributed by atoms with van der Waals surface area (Å²) >= 11 is 0. The zero-order valence-electron chi connectivity index (χ0n) is 12.3. The number of hydrogen-bond acceptors (Lipinski definition) is 4. The summed E-state index contributed by atoms with van der Waals surface area (Å²) in [5.74, 6) is -1.14. The van der Waals surface area contributed by atoms with Crippen LogP contribution in [0.15, 0.2) is 12.4 Å². The van der Waals surface area contributed by atoms with Crippen LogP contribution in [0.2, 0.25) is 0 Å². The highest BCUT2D eigenvalue weighted by Gasteiger charge is 2.28. The molecule has 0 aliphatic rings. The van der Waals surface area contributed by atoms with Gasteiger partial charge in [-0.1, -0.05) is 0 Å². The van der Waals surface area contributed by atoms with E-state index in [9.17, 15) is 9.59 Å². The van der Waals surface area contributed by atoms with Gasteiger partial charge in [-0.25, -0.2) is 0 Å². The predicted octanol–water partition coefficient (Wildman–Crippen LogP) is 1.47. The van der Waals surface area contributed by atoms with Gasteiger partial charge in [-0.2, -0.15) is 10.2 Å². The maximum absolute atomic E-state index is 12.4. The molecule has 0 amide bonds. The van der Waals surface area contributed by atoms with E-state index in [0.717, 1.165) is 11.4 Å². The largest absolute Gasteiger partial charge is 0.293 e. The lowest BCUT2D eigenvalue weighted by Crippen LogP contribution is -2.22. The second-order valence-electron chi connectivity index (χ2n) is 4.98. The SMILES string of the molecule is Cc1c(C(=O)C(C)C(=O)c2cnn(C)c2C)cnn1C. The molecule has 0 spiro atoms. The second kappa shape index (κ2) is 5.03. The summed E-state index contributed by atoms with van der Waals surface area (Å²) in [5, 5.41) is 8.08. The van der Waals surface area contributed by atoms with Gasteiger partial charge < -0.3 is 0 Å². The molecule has 2 heterocycles. The standard InChI is InChI=1S/C14H18N4O2/c1-8(13(19)11-6-15-17(4)9(11)2)14(20)12-7-16-18(5)10(12)3/h6-8H,1-5H3. The van der Waals surface area contributed by atoms with Gasteiger partial charge in [0.05, 0.1) is 29.4 Å². The number of ketones is 2. The van der Waals surface area contributed by atoms with E-state index in [0.29, 0.717) is 11.1 Å². The van der Waals surface area contributed by atoms with E-state index in [-0.39, 0.29) is 11.6 Å². The molecule has 0 aliphatic heterocycles. The van der Waals surface area contributed by atoms with Crippen molar-refractivity contribution in [3.05, 3.63) is 34.9 Å². The fourth-order valence-electron chi connectivity index (χ4n) is 2.07. The molecule has 0 saturated heterocycles. The molecule has 0 fully saturated rings. The number of Topliss-reactive ketones (excluding diaryl/α,β-unsaturated/α-hetero) is 2. The summed E-state index contributed by atoms with van der Waals surface area (Å²) in [6.45, 7) is 5.25. The lowest BCUT2D eigenvalue weighted by atomic mass is 9.92. The summed E-state index contributed by atoms with van der Waals surface area (Å²) in [6.07, 6.45) is 3.02. The minimum atomic E-state index is -0.735. The van der Waals surface area contributed by atoms with E-state index >= 15 is 0 Å². The van der Waals surface area contributed by atoms with E-state index in [1.807, 2.05) is 13.8 Å². The van der Waals surface area contributed by atoms with Crippen LogP contribution in [0, 0.1) is 19.8 Å². The molecule has 20 heavy (non-hydrogen) atoms. The molecular formula is C14H18N4O2. The third-order valence-electron chi connectivity index (χ3n) is 3.79. The Morgan fingerprint density at radius 1 is 0.950 bits per heavy atom. The van der Waals surface area contributed by atoms with Crippen molar-refractivity contribution < 1.29 is 9.59 Å². The van der Waals surface area contributed by atoms with Crippen molar-refractivity contribution in [3.8, 4) is 0 Å². The Kier molecular flexibility index (Phi) is 3.57. The van der Waals surface area contributed by atoms with E-state index in [1.54, 1.807) is 30.4 Å². The zero-order chi connectivity index (χ0) is 15.0. The molecule has 2 aromatic heterocycles. The van der Waals surface area contributed by atoms with Gasteiger partial charge in [0.2, 0.25) is 0 Å². The Labute approximate surface area is 117 Å². The third kappa shape index (κ3) is 2.17. The topological polar surface area (TPSA) is 69.8 Å². The first-order valence-corrected chi connectivity index (χ1v) is 6.40. The van der Waals surface area contributed by atoms with Crippen molar-refractivity contribution in [2.45, 2.75) is 20.8 Å². The van der Waals surface area contributed by atoms with Crippen LogP contribution in [0.1, 0.15) is 39.0 Å². The molecule has 0 radical (unpaired) electrons. The van der Waals surface area contributed by atoms with Crippen molar-refractivity contribution >= 4 is 11.6 Å². The molecule has 6 heteroatoms. The highest BCUT2D eigenvalue weighted by Crippen LogP contribution is 2.18. The molecule has 2 aromatic rings. The van der Waals surface area contributed by atoms with Crippen LogP contribution in [-0.4, -0.2) is 31.1 Å². The van der Waals surface area contributed by atoms with Crippen LogP contribution in [0.3, 0.4) is 0 Å². The average Bonchev–Trinajstić information content (AvgIpc) is 2.93. The molecule has 0 saturated carbocycles. The molecular weight excluding hydrogens is 256 g/mol.